The molecule has 0 aromatic rings. The Hall–Kier alpha value is -0.480. The van der Waals surface area contributed by atoms with Crippen LogP contribution >= 0.6 is 0 Å². The summed E-state index contributed by atoms with van der Waals surface area (Å²) in [4.78, 5) is 2.33. The highest BCUT2D eigenvalue weighted by Crippen LogP contribution is 2.24. The normalized spacial score (nSPS) is 28.5. The molecule has 0 amide bonds. The van der Waals surface area contributed by atoms with E-state index >= 15 is 0 Å². The predicted molar refractivity (Wildman–Crippen MR) is 59.6 cm³/mol. The molecule has 13 heavy (non-hydrogen) atoms. The molecule has 1 saturated heterocycles. The van der Waals surface area contributed by atoms with Gasteiger partial charge in [0.1, 0.15) is 0 Å². The summed E-state index contributed by atoms with van der Waals surface area (Å²) in [6, 6.07) is 0. The van der Waals surface area contributed by atoms with Crippen molar-refractivity contribution in [2.24, 2.45) is 11.8 Å². The van der Waals surface area contributed by atoms with Crippen LogP contribution in [0, 0.1) is 24.2 Å². The average Bonchev–Trinajstić information content (AvgIpc) is 2.20. The van der Waals surface area contributed by atoms with Crippen molar-refractivity contribution in [3.8, 4) is 12.3 Å². The van der Waals surface area contributed by atoms with Gasteiger partial charge in [-0.05, 0) is 25.9 Å². The molecule has 0 radical (unpaired) electrons. The smallest absolute Gasteiger partial charge is 0.0356 e. The Bertz CT molecular complexity index is 157. The summed E-state index contributed by atoms with van der Waals surface area (Å²) in [6.07, 6.45) is 7.97. The highest BCUT2D eigenvalue weighted by molar-refractivity contribution is 4.99. The van der Waals surface area contributed by atoms with Gasteiger partial charge in [0.2, 0.25) is 0 Å². The van der Waals surface area contributed by atoms with Crippen LogP contribution in [0.3, 0.4) is 0 Å². The fourth-order valence-electron chi connectivity index (χ4n) is 1.84. The largest absolute Gasteiger partial charge is 0.305 e. The first kappa shape index (κ1) is 12.5. The van der Waals surface area contributed by atoms with E-state index in [4.69, 9.17) is 6.42 Å². The van der Waals surface area contributed by atoms with Crippen LogP contribution < -0.4 is 0 Å². The Balaban J connectivity index is 0.000000671. The maximum atomic E-state index is 5.45. The van der Waals surface area contributed by atoms with Gasteiger partial charge < -0.3 is 4.90 Å². The van der Waals surface area contributed by atoms with Crippen LogP contribution in [0.1, 0.15) is 33.6 Å². The third-order valence-electron chi connectivity index (χ3n) is 2.70. The zero-order valence-corrected chi connectivity index (χ0v) is 9.51. The van der Waals surface area contributed by atoms with Gasteiger partial charge >= 0.3 is 0 Å². The Labute approximate surface area is 83.5 Å². The van der Waals surface area contributed by atoms with Crippen molar-refractivity contribution in [1.29, 1.82) is 0 Å². The van der Waals surface area contributed by atoms with Gasteiger partial charge in [-0.25, -0.2) is 0 Å². The molecule has 1 aliphatic heterocycles. The summed E-state index contributed by atoms with van der Waals surface area (Å²) < 4.78 is 0. The van der Waals surface area contributed by atoms with E-state index in [9.17, 15) is 0 Å². The molecule has 1 heterocycles. The van der Waals surface area contributed by atoms with Gasteiger partial charge in [0.25, 0.3) is 0 Å². The third kappa shape index (κ3) is 3.83. The number of terminal acetylenes is 1. The number of likely N-dealkylation sites (tertiary alicyclic amines) is 1. The van der Waals surface area contributed by atoms with E-state index in [0.29, 0.717) is 5.92 Å². The monoisotopic (exact) mass is 181 g/mol. The molecule has 2 unspecified atom stereocenters. The fourth-order valence-corrected chi connectivity index (χ4v) is 1.84. The standard InChI is InChI=1S/C10H17N.C2H6/c1-4-9-6-7-11(3)8-10(9)5-2;1-2/h2,9-10H,4,6-8H2,1,3H3;1-2H3. The summed E-state index contributed by atoms with van der Waals surface area (Å²) >= 11 is 0. The lowest BCUT2D eigenvalue weighted by Gasteiger charge is -2.33. The Morgan fingerprint density at radius 2 is 2.08 bits per heavy atom. The number of nitrogens with zero attached hydrogens (tertiary/aromatic N) is 1. The highest BCUT2D eigenvalue weighted by Gasteiger charge is 2.24. The zero-order chi connectivity index (χ0) is 10.3. The quantitative estimate of drug-likeness (QED) is 0.562. The fraction of sp³-hybridized carbons (Fsp3) is 0.833. The summed E-state index contributed by atoms with van der Waals surface area (Å²) in [5.74, 6) is 4.17. The van der Waals surface area contributed by atoms with Gasteiger partial charge in [0, 0.05) is 12.5 Å². The van der Waals surface area contributed by atoms with E-state index in [1.165, 1.54) is 19.4 Å². The second-order valence-corrected chi connectivity index (χ2v) is 3.49. The van der Waals surface area contributed by atoms with E-state index < -0.39 is 0 Å². The minimum Gasteiger partial charge on any atom is -0.305 e. The second-order valence-electron chi connectivity index (χ2n) is 3.49. The number of hydrogen-bond acceptors (Lipinski definition) is 1. The third-order valence-corrected chi connectivity index (χ3v) is 2.70. The molecular weight excluding hydrogens is 158 g/mol. The predicted octanol–water partition coefficient (Wildman–Crippen LogP) is 2.62. The topological polar surface area (TPSA) is 3.24 Å². The minimum absolute atomic E-state index is 0.499. The molecule has 1 rings (SSSR count). The Morgan fingerprint density at radius 3 is 2.54 bits per heavy atom. The van der Waals surface area contributed by atoms with Gasteiger partial charge in [-0.2, -0.15) is 0 Å². The van der Waals surface area contributed by atoms with Crippen molar-refractivity contribution in [3.63, 3.8) is 0 Å². The average molecular weight is 181 g/mol. The van der Waals surface area contributed by atoms with E-state index in [2.05, 4.69) is 24.8 Å². The van der Waals surface area contributed by atoms with Gasteiger partial charge in [0.05, 0.1) is 0 Å². The first-order valence-electron chi connectivity index (χ1n) is 5.42. The van der Waals surface area contributed by atoms with Gasteiger partial charge in [-0.3, -0.25) is 0 Å². The van der Waals surface area contributed by atoms with Gasteiger partial charge in [-0.15, -0.1) is 12.3 Å². The van der Waals surface area contributed by atoms with E-state index in [1.807, 2.05) is 13.8 Å². The first-order valence-corrected chi connectivity index (χ1v) is 5.42. The first-order chi connectivity index (χ1) is 6.27. The molecular formula is C12H23N. The van der Waals surface area contributed by atoms with E-state index in [1.54, 1.807) is 0 Å². The Morgan fingerprint density at radius 1 is 1.46 bits per heavy atom. The molecule has 0 N–H and O–H groups in total. The highest BCUT2D eigenvalue weighted by atomic mass is 15.1. The van der Waals surface area contributed by atoms with E-state index in [0.717, 1.165) is 12.5 Å². The molecule has 1 heteroatoms. The molecule has 1 fully saturated rings. The van der Waals surface area contributed by atoms with Crippen LogP contribution in [0.15, 0.2) is 0 Å². The summed E-state index contributed by atoms with van der Waals surface area (Å²) in [5.41, 5.74) is 0. The van der Waals surface area contributed by atoms with Crippen LogP contribution in [-0.4, -0.2) is 25.0 Å². The Kier molecular flexibility index (Phi) is 6.72. The van der Waals surface area contributed by atoms with Crippen molar-refractivity contribution >= 4 is 0 Å². The van der Waals surface area contributed by atoms with Crippen LogP contribution in [0.25, 0.3) is 0 Å². The molecule has 0 spiro atoms. The molecule has 76 valence electrons. The van der Waals surface area contributed by atoms with Gasteiger partial charge in [0.15, 0.2) is 0 Å². The lowest BCUT2D eigenvalue weighted by molar-refractivity contribution is 0.175. The lowest BCUT2D eigenvalue weighted by atomic mass is 9.84. The van der Waals surface area contributed by atoms with Crippen LogP contribution in [0.5, 0.6) is 0 Å². The summed E-state index contributed by atoms with van der Waals surface area (Å²) in [5, 5.41) is 0. The van der Waals surface area contributed by atoms with Crippen molar-refractivity contribution < 1.29 is 0 Å². The second kappa shape index (κ2) is 6.97. The number of piperidine rings is 1. The van der Waals surface area contributed by atoms with Crippen molar-refractivity contribution in [3.05, 3.63) is 0 Å². The molecule has 0 aromatic heterocycles. The molecule has 0 aromatic carbocycles. The molecule has 0 bridgehead atoms. The number of hydrogen-bond donors (Lipinski definition) is 0. The summed E-state index contributed by atoms with van der Waals surface area (Å²) in [7, 11) is 2.15. The van der Waals surface area contributed by atoms with Crippen molar-refractivity contribution in [1.82, 2.24) is 4.90 Å². The van der Waals surface area contributed by atoms with Gasteiger partial charge in [-0.1, -0.05) is 27.2 Å². The number of rotatable bonds is 1. The lowest BCUT2D eigenvalue weighted by Crippen LogP contribution is -2.37. The maximum absolute atomic E-state index is 5.45. The maximum Gasteiger partial charge on any atom is 0.0356 e. The van der Waals surface area contributed by atoms with Crippen LogP contribution in [0.2, 0.25) is 0 Å². The van der Waals surface area contributed by atoms with Crippen LogP contribution in [0.4, 0.5) is 0 Å². The molecule has 1 nitrogen and oxygen atoms in total. The molecule has 0 saturated carbocycles. The van der Waals surface area contributed by atoms with E-state index in [-0.39, 0.29) is 0 Å². The minimum atomic E-state index is 0.499. The summed E-state index contributed by atoms with van der Waals surface area (Å²) in [6.45, 7) is 8.55. The molecule has 0 aliphatic carbocycles. The van der Waals surface area contributed by atoms with Crippen molar-refractivity contribution in [2.75, 3.05) is 20.1 Å². The SMILES string of the molecule is C#CC1CN(C)CCC1CC.CC. The molecule has 2 atom stereocenters. The van der Waals surface area contributed by atoms with Crippen molar-refractivity contribution in [2.45, 2.75) is 33.6 Å². The van der Waals surface area contributed by atoms with Crippen LogP contribution in [-0.2, 0) is 0 Å². The molecule has 1 aliphatic rings. The zero-order valence-electron chi connectivity index (χ0n) is 9.51.